The lowest BCUT2D eigenvalue weighted by Gasteiger charge is -2.09. The summed E-state index contributed by atoms with van der Waals surface area (Å²) in [6.45, 7) is 0.545. The zero-order chi connectivity index (χ0) is 10.1. The highest BCUT2D eigenvalue weighted by Crippen LogP contribution is 2.27. The first kappa shape index (κ1) is 10.2. The molecule has 76 valence electrons. The van der Waals surface area contributed by atoms with Crippen molar-refractivity contribution < 1.29 is 4.79 Å². The minimum atomic E-state index is -0.0934. The van der Waals surface area contributed by atoms with Gasteiger partial charge in [-0.2, -0.15) is 9.36 Å². The quantitative estimate of drug-likeness (QED) is 0.590. The van der Waals surface area contributed by atoms with Gasteiger partial charge in [0, 0.05) is 24.5 Å². The van der Waals surface area contributed by atoms with Crippen molar-refractivity contribution in [1.29, 1.82) is 0 Å². The first-order valence-corrected chi connectivity index (χ1v) is 6.46. The van der Waals surface area contributed by atoms with Crippen LogP contribution in [-0.2, 0) is 4.79 Å². The number of hydrogen-bond donors (Lipinski definition) is 0. The third-order valence-electron chi connectivity index (χ3n) is 1.89. The topological polar surface area (TPSA) is 46.1 Å². The molecule has 1 amide bonds. The molecule has 1 aromatic heterocycles. The van der Waals surface area contributed by atoms with E-state index in [1.165, 1.54) is 23.3 Å². The lowest BCUT2D eigenvalue weighted by Crippen LogP contribution is -2.24. The fourth-order valence-corrected chi connectivity index (χ4v) is 2.76. The SMILES string of the molecule is CSc1nsc(N2CC(Cl)CC2=O)n1. The van der Waals surface area contributed by atoms with Gasteiger partial charge in [0.05, 0.1) is 5.38 Å². The van der Waals surface area contributed by atoms with Gasteiger partial charge < -0.3 is 0 Å². The van der Waals surface area contributed by atoms with Crippen LogP contribution in [0.15, 0.2) is 5.16 Å². The normalized spacial score (nSPS) is 22.0. The van der Waals surface area contributed by atoms with Crippen LogP contribution >= 0.6 is 34.9 Å². The average Bonchev–Trinajstić information content (AvgIpc) is 2.71. The van der Waals surface area contributed by atoms with Gasteiger partial charge >= 0.3 is 0 Å². The Morgan fingerprint density at radius 1 is 1.71 bits per heavy atom. The molecule has 1 aromatic rings. The molecule has 0 aromatic carbocycles. The van der Waals surface area contributed by atoms with Crippen LogP contribution in [0.25, 0.3) is 0 Å². The zero-order valence-electron chi connectivity index (χ0n) is 7.44. The number of nitrogens with zero attached hydrogens (tertiary/aromatic N) is 3. The standard InChI is InChI=1S/C7H8ClN3OS2/c1-13-6-9-7(14-10-6)11-3-4(8)2-5(11)12/h4H,2-3H2,1H3. The molecule has 1 fully saturated rings. The zero-order valence-corrected chi connectivity index (χ0v) is 9.82. The Morgan fingerprint density at radius 3 is 3.00 bits per heavy atom. The van der Waals surface area contributed by atoms with E-state index in [0.29, 0.717) is 23.3 Å². The number of halogens is 1. The van der Waals surface area contributed by atoms with Gasteiger partial charge in [0.15, 0.2) is 0 Å². The van der Waals surface area contributed by atoms with Crippen LogP contribution in [0.4, 0.5) is 5.13 Å². The number of hydrogen-bond acceptors (Lipinski definition) is 5. The van der Waals surface area contributed by atoms with E-state index in [-0.39, 0.29) is 11.3 Å². The summed E-state index contributed by atoms with van der Waals surface area (Å²) in [6.07, 6.45) is 2.30. The summed E-state index contributed by atoms with van der Waals surface area (Å²) in [7, 11) is 0. The largest absolute Gasteiger partial charge is 0.285 e. The second-order valence-corrected chi connectivity index (χ2v) is 4.99. The van der Waals surface area contributed by atoms with Gasteiger partial charge in [-0.05, 0) is 6.26 Å². The Kier molecular flexibility index (Phi) is 2.94. The molecule has 1 aliphatic heterocycles. The number of aromatic nitrogens is 2. The molecule has 1 aliphatic rings. The summed E-state index contributed by atoms with van der Waals surface area (Å²) in [5.74, 6) is 0.0359. The summed E-state index contributed by atoms with van der Waals surface area (Å²) in [4.78, 5) is 17.3. The van der Waals surface area contributed by atoms with E-state index in [2.05, 4.69) is 9.36 Å². The van der Waals surface area contributed by atoms with Crippen molar-refractivity contribution in [3.05, 3.63) is 0 Å². The average molecular weight is 250 g/mol. The molecule has 7 heteroatoms. The molecule has 0 saturated carbocycles. The maximum Gasteiger partial charge on any atom is 0.230 e. The molecule has 2 heterocycles. The second kappa shape index (κ2) is 4.04. The predicted octanol–water partition coefficient (Wildman–Crippen LogP) is 1.60. The molecule has 2 rings (SSSR count). The van der Waals surface area contributed by atoms with E-state index in [9.17, 15) is 4.79 Å². The summed E-state index contributed by atoms with van der Waals surface area (Å²) in [5, 5.41) is 1.27. The van der Waals surface area contributed by atoms with E-state index in [0.717, 1.165) is 0 Å². The first-order valence-electron chi connectivity index (χ1n) is 4.03. The fraction of sp³-hybridized carbons (Fsp3) is 0.571. The molecular weight excluding hydrogens is 242 g/mol. The smallest absolute Gasteiger partial charge is 0.230 e. The first-order chi connectivity index (χ1) is 6.70. The van der Waals surface area contributed by atoms with Gasteiger partial charge in [-0.15, -0.1) is 11.6 Å². The van der Waals surface area contributed by atoms with Crippen molar-refractivity contribution in [2.24, 2.45) is 0 Å². The molecule has 0 bridgehead atoms. The van der Waals surface area contributed by atoms with E-state index in [1.54, 1.807) is 4.90 Å². The molecule has 1 unspecified atom stereocenters. The highest BCUT2D eigenvalue weighted by Gasteiger charge is 2.31. The lowest BCUT2D eigenvalue weighted by molar-refractivity contribution is -0.117. The highest BCUT2D eigenvalue weighted by molar-refractivity contribution is 7.98. The third kappa shape index (κ3) is 1.87. The Balaban J connectivity index is 2.18. The van der Waals surface area contributed by atoms with Gasteiger partial charge in [0.2, 0.25) is 16.2 Å². The summed E-state index contributed by atoms with van der Waals surface area (Å²) in [6, 6.07) is 0. The van der Waals surface area contributed by atoms with Crippen LogP contribution in [0.3, 0.4) is 0 Å². The van der Waals surface area contributed by atoms with Gasteiger partial charge in [-0.3, -0.25) is 9.69 Å². The molecule has 0 spiro atoms. The molecule has 4 nitrogen and oxygen atoms in total. The highest BCUT2D eigenvalue weighted by atomic mass is 35.5. The van der Waals surface area contributed by atoms with Crippen molar-refractivity contribution >= 4 is 45.9 Å². The van der Waals surface area contributed by atoms with E-state index >= 15 is 0 Å². The Morgan fingerprint density at radius 2 is 2.50 bits per heavy atom. The van der Waals surface area contributed by atoms with Crippen LogP contribution < -0.4 is 4.90 Å². The molecule has 0 radical (unpaired) electrons. The number of amides is 1. The van der Waals surface area contributed by atoms with Crippen molar-refractivity contribution in [1.82, 2.24) is 9.36 Å². The van der Waals surface area contributed by atoms with Gasteiger partial charge in [0.1, 0.15) is 0 Å². The van der Waals surface area contributed by atoms with E-state index in [4.69, 9.17) is 11.6 Å². The molecule has 0 aliphatic carbocycles. The number of rotatable bonds is 2. The Hall–Kier alpha value is -0.330. The third-order valence-corrected chi connectivity index (χ3v) is 3.58. The minimum absolute atomic E-state index is 0.0359. The number of carbonyl (C=O) groups is 1. The minimum Gasteiger partial charge on any atom is -0.285 e. The molecule has 0 N–H and O–H groups in total. The van der Waals surface area contributed by atoms with Crippen molar-refractivity contribution in [2.45, 2.75) is 17.0 Å². The molecular formula is C7H8ClN3OS2. The molecule has 14 heavy (non-hydrogen) atoms. The van der Waals surface area contributed by atoms with Crippen LogP contribution in [0, 0.1) is 0 Å². The van der Waals surface area contributed by atoms with E-state index < -0.39 is 0 Å². The van der Waals surface area contributed by atoms with Crippen LogP contribution in [0.5, 0.6) is 0 Å². The Labute approximate surface area is 94.8 Å². The maximum absolute atomic E-state index is 11.5. The van der Waals surface area contributed by atoms with E-state index in [1.807, 2.05) is 6.26 Å². The summed E-state index contributed by atoms with van der Waals surface area (Å²) >= 11 is 8.59. The van der Waals surface area contributed by atoms with Crippen LogP contribution in [0.1, 0.15) is 6.42 Å². The van der Waals surface area contributed by atoms with Crippen molar-refractivity contribution in [3.63, 3.8) is 0 Å². The van der Waals surface area contributed by atoms with Crippen LogP contribution in [-0.4, -0.2) is 33.4 Å². The van der Waals surface area contributed by atoms with Gasteiger partial charge in [-0.25, -0.2) is 0 Å². The van der Waals surface area contributed by atoms with Crippen molar-refractivity contribution in [2.75, 3.05) is 17.7 Å². The Bertz CT molecular complexity index is 356. The monoisotopic (exact) mass is 249 g/mol. The van der Waals surface area contributed by atoms with Crippen molar-refractivity contribution in [3.8, 4) is 0 Å². The number of anilines is 1. The maximum atomic E-state index is 11.5. The summed E-state index contributed by atoms with van der Waals surface area (Å²) < 4.78 is 4.10. The molecule has 1 saturated heterocycles. The molecule has 1 atom stereocenters. The fourth-order valence-electron chi connectivity index (χ4n) is 1.24. The van der Waals surface area contributed by atoms with Gasteiger partial charge in [0.25, 0.3) is 0 Å². The predicted molar refractivity (Wildman–Crippen MR) is 58.3 cm³/mol. The van der Waals surface area contributed by atoms with Crippen LogP contribution in [0.2, 0.25) is 0 Å². The number of carbonyl (C=O) groups excluding carboxylic acids is 1. The number of thioether (sulfide) groups is 1. The number of alkyl halides is 1. The second-order valence-electron chi connectivity index (χ2n) is 2.87. The summed E-state index contributed by atoms with van der Waals surface area (Å²) in [5.41, 5.74) is 0. The van der Waals surface area contributed by atoms with Gasteiger partial charge in [-0.1, -0.05) is 11.8 Å². The lowest BCUT2D eigenvalue weighted by atomic mass is 10.4.